The summed E-state index contributed by atoms with van der Waals surface area (Å²) in [7, 11) is 0. The van der Waals surface area contributed by atoms with E-state index in [4.69, 9.17) is 11.6 Å². The van der Waals surface area contributed by atoms with E-state index in [1.807, 2.05) is 0 Å². The average Bonchev–Trinajstić information content (AvgIpc) is 2.85. The summed E-state index contributed by atoms with van der Waals surface area (Å²) in [5.74, 6) is 0.587. The van der Waals surface area contributed by atoms with Crippen molar-refractivity contribution in [1.29, 1.82) is 0 Å². The van der Waals surface area contributed by atoms with Gasteiger partial charge in [0.15, 0.2) is 0 Å². The van der Waals surface area contributed by atoms with Crippen molar-refractivity contribution >= 4 is 23.3 Å². The summed E-state index contributed by atoms with van der Waals surface area (Å²) in [6.45, 7) is 1.80. The number of anilines is 1. The lowest BCUT2D eigenvalue weighted by molar-refractivity contribution is 0.249. The van der Waals surface area contributed by atoms with Crippen molar-refractivity contribution in [3.63, 3.8) is 0 Å². The molecule has 18 heavy (non-hydrogen) atoms. The van der Waals surface area contributed by atoms with Gasteiger partial charge in [0.1, 0.15) is 12.2 Å². The molecule has 6 nitrogen and oxygen atoms in total. The molecule has 0 saturated heterocycles. The highest BCUT2D eigenvalue weighted by Gasteiger charge is 2.12. The summed E-state index contributed by atoms with van der Waals surface area (Å²) in [4.78, 5) is 15.7. The molecule has 1 aromatic carbocycles. The van der Waals surface area contributed by atoms with E-state index in [9.17, 15) is 4.79 Å². The number of nitrogens with one attached hydrogen (secondary N) is 3. The van der Waals surface area contributed by atoms with Crippen LogP contribution in [0.15, 0.2) is 30.6 Å². The number of rotatable bonds is 3. The standard InChI is InChI=1S/C11H12ClN5O/c1-7(10-13-6-14-17-10)15-11(18)16-9-5-3-2-4-8(9)12/h2-7H,1H3,(H,13,14,17)(H2,15,16,18). The van der Waals surface area contributed by atoms with Gasteiger partial charge >= 0.3 is 6.03 Å². The molecule has 3 N–H and O–H groups in total. The Morgan fingerprint density at radius 1 is 1.44 bits per heavy atom. The number of halogens is 1. The topological polar surface area (TPSA) is 82.7 Å². The molecule has 0 aliphatic carbocycles. The number of carbonyl (C=O) groups is 1. The first-order valence-electron chi connectivity index (χ1n) is 5.34. The number of amides is 2. The first-order chi connectivity index (χ1) is 8.66. The molecule has 2 rings (SSSR count). The summed E-state index contributed by atoms with van der Waals surface area (Å²) in [5.41, 5.74) is 0.557. The number of H-pyrrole nitrogens is 1. The van der Waals surface area contributed by atoms with E-state index in [-0.39, 0.29) is 12.1 Å². The molecule has 7 heteroatoms. The normalized spacial score (nSPS) is 11.9. The highest BCUT2D eigenvalue weighted by Crippen LogP contribution is 2.20. The molecule has 1 unspecified atom stereocenters. The van der Waals surface area contributed by atoms with Crippen molar-refractivity contribution < 1.29 is 4.79 Å². The van der Waals surface area contributed by atoms with Gasteiger partial charge in [-0.3, -0.25) is 5.10 Å². The molecular weight excluding hydrogens is 254 g/mol. The third kappa shape index (κ3) is 2.98. The highest BCUT2D eigenvalue weighted by molar-refractivity contribution is 6.33. The summed E-state index contributed by atoms with van der Waals surface area (Å²) < 4.78 is 0. The van der Waals surface area contributed by atoms with Crippen LogP contribution in [0, 0.1) is 0 Å². The van der Waals surface area contributed by atoms with Crippen LogP contribution in [0.3, 0.4) is 0 Å². The maximum Gasteiger partial charge on any atom is 0.319 e. The van der Waals surface area contributed by atoms with Gasteiger partial charge in [-0.05, 0) is 19.1 Å². The molecule has 0 fully saturated rings. The number of nitrogens with zero attached hydrogens (tertiary/aromatic N) is 2. The quantitative estimate of drug-likeness (QED) is 0.797. The van der Waals surface area contributed by atoms with E-state index >= 15 is 0 Å². The fourth-order valence-corrected chi connectivity index (χ4v) is 1.59. The van der Waals surface area contributed by atoms with Crippen LogP contribution < -0.4 is 10.6 Å². The van der Waals surface area contributed by atoms with Crippen molar-refractivity contribution in [2.24, 2.45) is 0 Å². The third-order valence-electron chi connectivity index (χ3n) is 2.31. The second-order valence-corrected chi connectivity index (χ2v) is 4.08. The SMILES string of the molecule is CC(NC(=O)Nc1ccccc1Cl)c1ncn[nH]1. The molecule has 1 atom stereocenters. The lowest BCUT2D eigenvalue weighted by atomic mass is 10.3. The Morgan fingerprint density at radius 2 is 2.22 bits per heavy atom. The zero-order valence-electron chi connectivity index (χ0n) is 9.64. The molecular formula is C11H12ClN5O. The number of aromatic nitrogens is 3. The molecule has 1 aromatic heterocycles. The van der Waals surface area contributed by atoms with Crippen molar-refractivity contribution in [3.05, 3.63) is 41.4 Å². The van der Waals surface area contributed by atoms with Crippen molar-refractivity contribution in [2.75, 3.05) is 5.32 Å². The maximum atomic E-state index is 11.7. The number of para-hydroxylation sites is 1. The van der Waals surface area contributed by atoms with Crippen LogP contribution in [0.2, 0.25) is 5.02 Å². The van der Waals surface area contributed by atoms with Crippen LogP contribution in [-0.4, -0.2) is 21.2 Å². The van der Waals surface area contributed by atoms with E-state index in [2.05, 4.69) is 25.8 Å². The molecule has 0 saturated carbocycles. The fourth-order valence-electron chi connectivity index (χ4n) is 1.41. The van der Waals surface area contributed by atoms with Crippen LogP contribution in [0.5, 0.6) is 0 Å². The van der Waals surface area contributed by atoms with E-state index < -0.39 is 0 Å². The third-order valence-corrected chi connectivity index (χ3v) is 2.64. The molecule has 2 aromatic rings. The predicted octanol–water partition coefficient (Wildman–Crippen LogP) is 2.34. The van der Waals surface area contributed by atoms with Gasteiger partial charge in [0.05, 0.1) is 16.8 Å². The van der Waals surface area contributed by atoms with Crippen LogP contribution in [-0.2, 0) is 0 Å². The zero-order chi connectivity index (χ0) is 13.0. The molecule has 94 valence electrons. The van der Waals surface area contributed by atoms with E-state index in [0.717, 1.165) is 0 Å². The van der Waals surface area contributed by atoms with Gasteiger partial charge in [-0.2, -0.15) is 5.10 Å². The van der Waals surface area contributed by atoms with Gasteiger partial charge in [0.2, 0.25) is 0 Å². The molecule has 0 aliphatic rings. The Bertz CT molecular complexity index is 528. The minimum atomic E-state index is -0.355. The molecule has 0 bridgehead atoms. The molecule has 0 aliphatic heterocycles. The van der Waals surface area contributed by atoms with Gasteiger partial charge in [0.25, 0.3) is 0 Å². The number of hydrogen-bond donors (Lipinski definition) is 3. The Hall–Kier alpha value is -2.08. The smallest absolute Gasteiger partial charge is 0.319 e. The maximum absolute atomic E-state index is 11.7. The van der Waals surface area contributed by atoms with Gasteiger partial charge in [-0.15, -0.1) is 0 Å². The van der Waals surface area contributed by atoms with Gasteiger partial charge < -0.3 is 10.6 Å². The Morgan fingerprint density at radius 3 is 2.89 bits per heavy atom. The summed E-state index contributed by atoms with van der Waals surface area (Å²) >= 11 is 5.93. The number of hydrogen-bond acceptors (Lipinski definition) is 3. The number of urea groups is 1. The van der Waals surface area contributed by atoms with Crippen molar-refractivity contribution in [1.82, 2.24) is 20.5 Å². The lowest BCUT2D eigenvalue weighted by Gasteiger charge is -2.12. The second kappa shape index (κ2) is 5.50. The van der Waals surface area contributed by atoms with E-state index in [1.54, 1.807) is 31.2 Å². The second-order valence-electron chi connectivity index (χ2n) is 3.67. The van der Waals surface area contributed by atoms with Gasteiger partial charge in [0, 0.05) is 0 Å². The van der Waals surface area contributed by atoms with E-state index in [0.29, 0.717) is 16.5 Å². The van der Waals surface area contributed by atoms with Crippen LogP contribution in [0.4, 0.5) is 10.5 Å². The fraction of sp³-hybridized carbons (Fsp3) is 0.182. The van der Waals surface area contributed by atoms with Crippen molar-refractivity contribution in [3.8, 4) is 0 Å². The molecule has 2 amide bonds. The zero-order valence-corrected chi connectivity index (χ0v) is 10.4. The first-order valence-corrected chi connectivity index (χ1v) is 5.72. The summed E-state index contributed by atoms with van der Waals surface area (Å²) in [6.07, 6.45) is 1.39. The molecule has 0 radical (unpaired) electrons. The Kier molecular flexibility index (Phi) is 3.78. The average molecular weight is 266 g/mol. The number of carbonyl (C=O) groups excluding carboxylic acids is 1. The summed E-state index contributed by atoms with van der Waals surface area (Å²) in [5, 5.41) is 12.3. The monoisotopic (exact) mass is 265 g/mol. The molecule has 1 heterocycles. The van der Waals surface area contributed by atoms with Crippen LogP contribution >= 0.6 is 11.6 Å². The van der Waals surface area contributed by atoms with Crippen LogP contribution in [0.25, 0.3) is 0 Å². The van der Waals surface area contributed by atoms with Gasteiger partial charge in [-0.1, -0.05) is 23.7 Å². The molecule has 0 spiro atoms. The minimum Gasteiger partial charge on any atom is -0.328 e. The summed E-state index contributed by atoms with van der Waals surface area (Å²) in [6, 6.07) is 6.39. The van der Waals surface area contributed by atoms with Gasteiger partial charge in [-0.25, -0.2) is 9.78 Å². The number of benzene rings is 1. The Balaban J connectivity index is 1.95. The largest absolute Gasteiger partial charge is 0.328 e. The van der Waals surface area contributed by atoms with E-state index in [1.165, 1.54) is 6.33 Å². The van der Waals surface area contributed by atoms with Crippen molar-refractivity contribution in [2.45, 2.75) is 13.0 Å². The van der Waals surface area contributed by atoms with Crippen LogP contribution in [0.1, 0.15) is 18.8 Å². The lowest BCUT2D eigenvalue weighted by Crippen LogP contribution is -2.31. The Labute approximate surface area is 109 Å². The highest BCUT2D eigenvalue weighted by atomic mass is 35.5. The number of aromatic amines is 1. The first kappa shape index (κ1) is 12.4. The predicted molar refractivity (Wildman–Crippen MR) is 68.4 cm³/mol. The minimum absolute atomic E-state index is 0.269.